The summed E-state index contributed by atoms with van der Waals surface area (Å²) in [6.07, 6.45) is 0. The summed E-state index contributed by atoms with van der Waals surface area (Å²) >= 11 is 0. The Kier molecular flexibility index (Phi) is 4.29. The molecule has 0 saturated heterocycles. The molecule has 0 atom stereocenters. The van der Waals surface area contributed by atoms with Gasteiger partial charge in [-0.2, -0.15) is 0 Å². The Labute approximate surface area is 114 Å². The predicted molar refractivity (Wildman–Crippen MR) is 73.1 cm³/mol. The average molecular weight is 278 g/mol. The van der Waals surface area contributed by atoms with Gasteiger partial charge in [0.15, 0.2) is 0 Å². The van der Waals surface area contributed by atoms with Crippen LogP contribution < -0.4 is 16.1 Å². The number of urea groups is 1. The van der Waals surface area contributed by atoms with E-state index in [1.165, 1.54) is 42.5 Å². The minimum absolute atomic E-state index is 0.0106. The number of hydrogen-bond donors (Lipinski definition) is 2. The van der Waals surface area contributed by atoms with Crippen molar-refractivity contribution in [2.75, 3.05) is 10.6 Å². The molecule has 2 aromatic rings. The van der Waals surface area contributed by atoms with Crippen LogP contribution in [-0.2, 0) is 0 Å². The molecule has 0 aliphatic rings. The van der Waals surface area contributed by atoms with Crippen molar-refractivity contribution in [3.8, 4) is 0 Å². The molecule has 2 rings (SSSR count). The Morgan fingerprint density at radius 2 is 1.75 bits per heavy atom. The fourth-order valence-corrected chi connectivity index (χ4v) is 1.65. The number of halogens is 3. The van der Waals surface area contributed by atoms with Gasteiger partial charge in [-0.25, -0.2) is 9.18 Å². The number of para-hydroxylation sites is 1. The Bertz CT molecular complexity index is 622. The van der Waals surface area contributed by atoms with Crippen LogP contribution in [0.5, 0.6) is 0 Å². The zero-order chi connectivity index (χ0) is 14.5. The molecule has 2 amide bonds. The highest BCUT2D eigenvalue weighted by molar-refractivity contribution is 6.62. The first-order valence-electron chi connectivity index (χ1n) is 5.77. The molecule has 0 saturated carbocycles. The summed E-state index contributed by atoms with van der Waals surface area (Å²) in [5.41, 5.74) is -0.0321. The van der Waals surface area contributed by atoms with Crippen LogP contribution in [0.4, 0.5) is 29.2 Å². The van der Waals surface area contributed by atoms with Gasteiger partial charge < -0.3 is 10.6 Å². The number of anilines is 2. The minimum atomic E-state index is -2.69. The van der Waals surface area contributed by atoms with Crippen molar-refractivity contribution in [1.29, 1.82) is 0 Å². The molecule has 0 unspecified atom stereocenters. The molecule has 102 valence electrons. The summed E-state index contributed by atoms with van der Waals surface area (Å²) in [7, 11) is -2.69. The molecule has 0 aromatic heterocycles. The standard InChI is InChI=1S/C13H10BF3N2O/c15-9-4-3-5-10(8-9)18-13(20)19-12-7-2-1-6-11(12)14(16)17/h1-8H,(H2,18,19,20). The largest absolute Gasteiger partial charge is 0.574 e. The van der Waals surface area contributed by atoms with E-state index in [0.29, 0.717) is 0 Å². The van der Waals surface area contributed by atoms with Crippen LogP contribution >= 0.6 is 0 Å². The number of rotatable bonds is 3. The van der Waals surface area contributed by atoms with Gasteiger partial charge in [0.2, 0.25) is 0 Å². The molecular weight excluding hydrogens is 268 g/mol. The van der Waals surface area contributed by atoms with Gasteiger partial charge in [-0.1, -0.05) is 24.3 Å². The zero-order valence-corrected chi connectivity index (χ0v) is 10.2. The second-order valence-corrected chi connectivity index (χ2v) is 3.98. The third kappa shape index (κ3) is 3.53. The van der Waals surface area contributed by atoms with Crippen molar-refractivity contribution in [3.63, 3.8) is 0 Å². The van der Waals surface area contributed by atoms with Crippen molar-refractivity contribution in [2.24, 2.45) is 0 Å². The lowest BCUT2D eigenvalue weighted by Gasteiger charge is -2.10. The second kappa shape index (κ2) is 6.14. The van der Waals surface area contributed by atoms with E-state index in [1.807, 2.05) is 0 Å². The highest BCUT2D eigenvalue weighted by atomic mass is 19.2. The SMILES string of the molecule is O=C(Nc1cccc(F)c1)Nc1ccccc1B(F)F. The Balaban J connectivity index is 2.09. The minimum Gasteiger partial charge on any atom is -0.308 e. The van der Waals surface area contributed by atoms with Crippen LogP contribution in [-0.4, -0.2) is 13.3 Å². The van der Waals surface area contributed by atoms with Gasteiger partial charge in [0.25, 0.3) is 0 Å². The first kappa shape index (κ1) is 14.0. The summed E-state index contributed by atoms with van der Waals surface area (Å²) in [5, 5.41) is 4.67. The molecule has 0 aliphatic heterocycles. The first-order chi connectivity index (χ1) is 9.56. The van der Waals surface area contributed by atoms with Crippen LogP contribution in [0.15, 0.2) is 48.5 Å². The summed E-state index contributed by atoms with van der Waals surface area (Å²) in [4.78, 5) is 11.7. The van der Waals surface area contributed by atoms with Crippen molar-refractivity contribution in [1.82, 2.24) is 0 Å². The van der Waals surface area contributed by atoms with Crippen molar-refractivity contribution in [3.05, 3.63) is 54.3 Å². The zero-order valence-electron chi connectivity index (χ0n) is 10.2. The van der Waals surface area contributed by atoms with Gasteiger partial charge >= 0.3 is 13.3 Å². The summed E-state index contributed by atoms with van der Waals surface area (Å²) < 4.78 is 38.4. The number of carbonyl (C=O) groups excluding carboxylic acids is 1. The molecule has 7 heteroatoms. The number of amides is 2. The molecular formula is C13H10BF3N2O. The van der Waals surface area contributed by atoms with Crippen LogP contribution in [0, 0.1) is 5.82 Å². The molecule has 0 radical (unpaired) electrons. The maximum Gasteiger partial charge on any atom is 0.574 e. The van der Waals surface area contributed by atoms with E-state index in [0.717, 1.165) is 6.07 Å². The normalized spacial score (nSPS) is 9.95. The first-order valence-corrected chi connectivity index (χ1v) is 5.77. The van der Waals surface area contributed by atoms with Crippen molar-refractivity contribution >= 4 is 30.1 Å². The summed E-state index contributed by atoms with van der Waals surface area (Å²) in [6, 6.07) is 10.1. The van der Waals surface area contributed by atoms with Gasteiger partial charge in [0, 0.05) is 16.8 Å². The van der Waals surface area contributed by atoms with E-state index in [9.17, 15) is 17.8 Å². The number of hydrogen-bond acceptors (Lipinski definition) is 1. The van der Waals surface area contributed by atoms with E-state index < -0.39 is 19.1 Å². The molecule has 0 bridgehead atoms. The summed E-state index contributed by atoms with van der Waals surface area (Å²) in [5.74, 6) is -0.504. The summed E-state index contributed by atoms with van der Waals surface area (Å²) in [6.45, 7) is 0. The van der Waals surface area contributed by atoms with E-state index in [4.69, 9.17) is 0 Å². The quantitative estimate of drug-likeness (QED) is 0.832. The van der Waals surface area contributed by atoms with Crippen LogP contribution in [0.3, 0.4) is 0 Å². The second-order valence-electron chi connectivity index (χ2n) is 3.98. The average Bonchev–Trinajstić information content (AvgIpc) is 2.38. The van der Waals surface area contributed by atoms with Crippen molar-refractivity contribution < 1.29 is 17.8 Å². The molecule has 0 aliphatic carbocycles. The Hall–Kier alpha value is -2.44. The lowest BCUT2D eigenvalue weighted by Crippen LogP contribution is -2.28. The van der Waals surface area contributed by atoms with Crippen LogP contribution in [0.1, 0.15) is 0 Å². The molecule has 0 spiro atoms. The Morgan fingerprint density at radius 1 is 1.00 bits per heavy atom. The number of benzene rings is 2. The van der Waals surface area contributed by atoms with Gasteiger partial charge in [0.1, 0.15) is 5.82 Å². The molecule has 0 fully saturated rings. The van der Waals surface area contributed by atoms with E-state index >= 15 is 0 Å². The third-order valence-corrected chi connectivity index (χ3v) is 2.53. The van der Waals surface area contributed by atoms with Gasteiger partial charge in [-0.3, -0.25) is 8.63 Å². The molecule has 0 heterocycles. The topological polar surface area (TPSA) is 41.1 Å². The molecule has 3 nitrogen and oxygen atoms in total. The maximum absolute atomic E-state index is 12.9. The van der Waals surface area contributed by atoms with Crippen LogP contribution in [0.2, 0.25) is 0 Å². The van der Waals surface area contributed by atoms with Gasteiger partial charge in [-0.05, 0) is 24.3 Å². The van der Waals surface area contributed by atoms with E-state index in [2.05, 4.69) is 10.6 Å². The monoisotopic (exact) mass is 278 g/mol. The fraction of sp³-hybridized carbons (Fsp3) is 0. The lowest BCUT2D eigenvalue weighted by molar-refractivity contribution is 0.262. The fourth-order valence-electron chi connectivity index (χ4n) is 1.65. The number of carbonyl (C=O) groups is 1. The molecule has 2 N–H and O–H groups in total. The lowest BCUT2D eigenvalue weighted by atomic mass is 9.84. The highest BCUT2D eigenvalue weighted by Gasteiger charge is 2.20. The highest BCUT2D eigenvalue weighted by Crippen LogP contribution is 2.11. The smallest absolute Gasteiger partial charge is 0.308 e. The molecule has 20 heavy (non-hydrogen) atoms. The van der Waals surface area contributed by atoms with Gasteiger partial charge in [-0.15, -0.1) is 0 Å². The van der Waals surface area contributed by atoms with E-state index in [-0.39, 0.29) is 16.8 Å². The van der Waals surface area contributed by atoms with Gasteiger partial charge in [0.05, 0.1) is 0 Å². The predicted octanol–water partition coefficient (Wildman–Crippen LogP) is 3.10. The molecule has 2 aromatic carbocycles. The van der Waals surface area contributed by atoms with Crippen LogP contribution in [0.25, 0.3) is 0 Å². The Morgan fingerprint density at radius 3 is 2.45 bits per heavy atom. The number of nitrogens with one attached hydrogen (secondary N) is 2. The van der Waals surface area contributed by atoms with E-state index in [1.54, 1.807) is 0 Å². The van der Waals surface area contributed by atoms with Crippen molar-refractivity contribution in [2.45, 2.75) is 0 Å². The maximum atomic E-state index is 12.9. The third-order valence-electron chi connectivity index (χ3n) is 2.53.